The first kappa shape index (κ1) is 12.9. The molecule has 1 amide bonds. The summed E-state index contributed by atoms with van der Waals surface area (Å²) in [5.41, 5.74) is 6.62. The minimum absolute atomic E-state index is 0.219. The van der Waals surface area contributed by atoms with Crippen molar-refractivity contribution in [1.82, 2.24) is 15.1 Å². The third-order valence-electron chi connectivity index (χ3n) is 2.72. The molecule has 0 saturated heterocycles. The highest BCUT2D eigenvalue weighted by Crippen LogP contribution is 2.24. The van der Waals surface area contributed by atoms with Gasteiger partial charge in [-0.25, -0.2) is 0 Å². The summed E-state index contributed by atoms with van der Waals surface area (Å²) in [5.74, 6) is 0.281. The minimum Gasteiger partial charge on any atom is -0.495 e. The van der Waals surface area contributed by atoms with Crippen molar-refractivity contribution in [2.45, 2.75) is 6.54 Å². The Hall–Kier alpha value is -2.50. The van der Waals surface area contributed by atoms with Crippen molar-refractivity contribution in [3.05, 3.63) is 42.2 Å². The Morgan fingerprint density at radius 1 is 1.47 bits per heavy atom. The van der Waals surface area contributed by atoms with Gasteiger partial charge in [0.25, 0.3) is 5.91 Å². The van der Waals surface area contributed by atoms with Crippen molar-refractivity contribution < 1.29 is 9.53 Å². The van der Waals surface area contributed by atoms with E-state index in [4.69, 9.17) is 10.5 Å². The Kier molecular flexibility index (Phi) is 4.02. The zero-order valence-electron chi connectivity index (χ0n) is 10.7. The molecular weight excluding hydrogens is 244 g/mol. The zero-order chi connectivity index (χ0) is 13.7. The second kappa shape index (κ2) is 5.90. The Bertz CT molecular complexity index is 552. The van der Waals surface area contributed by atoms with Crippen molar-refractivity contribution in [2.24, 2.45) is 0 Å². The summed E-state index contributed by atoms with van der Waals surface area (Å²) in [6.07, 6.45) is 3.54. The van der Waals surface area contributed by atoms with Crippen molar-refractivity contribution in [3.63, 3.8) is 0 Å². The van der Waals surface area contributed by atoms with Gasteiger partial charge < -0.3 is 15.8 Å². The van der Waals surface area contributed by atoms with E-state index in [-0.39, 0.29) is 5.91 Å². The summed E-state index contributed by atoms with van der Waals surface area (Å²) in [4.78, 5) is 12.0. The predicted molar refractivity (Wildman–Crippen MR) is 72.0 cm³/mol. The lowest BCUT2D eigenvalue weighted by molar-refractivity contribution is 0.0952. The van der Waals surface area contributed by atoms with Crippen LogP contribution in [0.1, 0.15) is 10.4 Å². The number of nitrogens with zero attached hydrogens (tertiary/aromatic N) is 2. The topological polar surface area (TPSA) is 82.2 Å². The number of rotatable bonds is 5. The van der Waals surface area contributed by atoms with E-state index < -0.39 is 0 Å². The number of ether oxygens (including phenoxy) is 1. The number of nitrogens with two attached hydrogens (primary N) is 1. The molecule has 1 aromatic carbocycles. The average Bonchev–Trinajstić information content (AvgIpc) is 2.92. The molecule has 6 heteroatoms. The maximum Gasteiger partial charge on any atom is 0.253 e. The first-order valence-corrected chi connectivity index (χ1v) is 5.90. The fourth-order valence-electron chi connectivity index (χ4n) is 1.73. The van der Waals surface area contributed by atoms with E-state index in [1.54, 1.807) is 29.1 Å². The van der Waals surface area contributed by atoms with Gasteiger partial charge in [-0.1, -0.05) is 6.07 Å². The van der Waals surface area contributed by atoms with Crippen LogP contribution < -0.4 is 15.8 Å². The number of para-hydroxylation sites is 1. The van der Waals surface area contributed by atoms with Gasteiger partial charge >= 0.3 is 0 Å². The number of nitrogens with one attached hydrogen (secondary N) is 1. The van der Waals surface area contributed by atoms with Crippen molar-refractivity contribution in [3.8, 4) is 5.75 Å². The molecule has 0 saturated carbocycles. The van der Waals surface area contributed by atoms with Crippen LogP contribution in [0.3, 0.4) is 0 Å². The fraction of sp³-hybridized carbons (Fsp3) is 0.231. The third kappa shape index (κ3) is 3.04. The zero-order valence-corrected chi connectivity index (χ0v) is 10.7. The number of aromatic nitrogens is 2. The van der Waals surface area contributed by atoms with E-state index in [0.29, 0.717) is 30.1 Å². The number of carbonyl (C=O) groups is 1. The summed E-state index contributed by atoms with van der Waals surface area (Å²) in [7, 11) is 1.52. The van der Waals surface area contributed by atoms with Gasteiger partial charge in [-0.15, -0.1) is 0 Å². The van der Waals surface area contributed by atoms with Crippen molar-refractivity contribution in [1.29, 1.82) is 0 Å². The first-order valence-electron chi connectivity index (χ1n) is 5.90. The van der Waals surface area contributed by atoms with Crippen LogP contribution in [0.5, 0.6) is 5.75 Å². The van der Waals surface area contributed by atoms with Gasteiger partial charge in [-0.3, -0.25) is 9.48 Å². The molecule has 0 radical (unpaired) electrons. The van der Waals surface area contributed by atoms with Gasteiger partial charge in [0.2, 0.25) is 0 Å². The van der Waals surface area contributed by atoms with Crippen LogP contribution >= 0.6 is 0 Å². The quantitative estimate of drug-likeness (QED) is 0.783. The molecule has 2 aromatic rings. The lowest BCUT2D eigenvalue weighted by Gasteiger charge is -2.10. The maximum atomic E-state index is 12.0. The van der Waals surface area contributed by atoms with Gasteiger partial charge in [0.1, 0.15) is 5.75 Å². The standard InChI is InChI=1S/C13H16N4O2/c1-19-11-5-2-4-10(12(11)14)13(18)15-7-9-17-8-3-6-16-17/h2-6,8H,7,9,14H2,1H3,(H,15,18). The maximum absolute atomic E-state index is 12.0. The number of benzene rings is 1. The molecule has 19 heavy (non-hydrogen) atoms. The van der Waals surface area contributed by atoms with Crippen LogP contribution in [0.4, 0.5) is 5.69 Å². The molecule has 0 bridgehead atoms. The molecule has 0 aliphatic heterocycles. The Morgan fingerprint density at radius 2 is 2.32 bits per heavy atom. The molecule has 6 nitrogen and oxygen atoms in total. The second-order valence-corrected chi connectivity index (χ2v) is 3.95. The molecule has 0 aliphatic rings. The molecule has 0 atom stereocenters. The van der Waals surface area contributed by atoms with Crippen LogP contribution in [0.25, 0.3) is 0 Å². The molecule has 100 valence electrons. The van der Waals surface area contributed by atoms with E-state index in [9.17, 15) is 4.79 Å². The van der Waals surface area contributed by atoms with Gasteiger partial charge in [-0.05, 0) is 18.2 Å². The number of anilines is 1. The van der Waals surface area contributed by atoms with E-state index in [0.717, 1.165) is 0 Å². The number of amides is 1. The SMILES string of the molecule is COc1cccc(C(=O)NCCn2cccn2)c1N. The largest absolute Gasteiger partial charge is 0.495 e. The monoisotopic (exact) mass is 260 g/mol. The number of hydrogen-bond acceptors (Lipinski definition) is 4. The second-order valence-electron chi connectivity index (χ2n) is 3.95. The predicted octanol–water partition coefficient (Wildman–Crippen LogP) is 0.904. The van der Waals surface area contributed by atoms with Crippen molar-refractivity contribution >= 4 is 11.6 Å². The number of carbonyl (C=O) groups excluding carboxylic acids is 1. The smallest absolute Gasteiger partial charge is 0.253 e. The third-order valence-corrected chi connectivity index (χ3v) is 2.72. The molecule has 2 rings (SSSR count). The summed E-state index contributed by atoms with van der Waals surface area (Å²) in [6, 6.07) is 6.95. The molecule has 0 unspecified atom stereocenters. The fourth-order valence-corrected chi connectivity index (χ4v) is 1.73. The number of methoxy groups -OCH3 is 1. The Morgan fingerprint density at radius 3 is 3.00 bits per heavy atom. The molecule has 3 N–H and O–H groups in total. The van der Waals surface area contributed by atoms with Crippen molar-refractivity contribution in [2.75, 3.05) is 19.4 Å². The highest BCUT2D eigenvalue weighted by atomic mass is 16.5. The summed E-state index contributed by atoms with van der Waals surface area (Å²) in [6.45, 7) is 1.10. The Balaban J connectivity index is 1.96. The van der Waals surface area contributed by atoms with E-state index >= 15 is 0 Å². The van der Waals surface area contributed by atoms with Crippen LogP contribution in [0.2, 0.25) is 0 Å². The van der Waals surface area contributed by atoms with Crippen LogP contribution in [0, 0.1) is 0 Å². The van der Waals surface area contributed by atoms with E-state index in [1.807, 2.05) is 12.3 Å². The van der Waals surface area contributed by atoms with Crippen LogP contribution in [-0.4, -0.2) is 29.3 Å². The minimum atomic E-state index is -0.219. The van der Waals surface area contributed by atoms with E-state index in [1.165, 1.54) is 7.11 Å². The van der Waals surface area contributed by atoms with Gasteiger partial charge in [0, 0.05) is 18.9 Å². The molecule has 1 aromatic heterocycles. The molecule has 0 fully saturated rings. The van der Waals surface area contributed by atoms with Gasteiger partial charge in [-0.2, -0.15) is 5.10 Å². The number of nitrogen functional groups attached to an aromatic ring is 1. The van der Waals surface area contributed by atoms with E-state index in [2.05, 4.69) is 10.4 Å². The first-order chi connectivity index (χ1) is 9.22. The molecule has 0 aliphatic carbocycles. The summed E-state index contributed by atoms with van der Waals surface area (Å²) >= 11 is 0. The summed E-state index contributed by atoms with van der Waals surface area (Å²) < 4.78 is 6.83. The number of hydrogen-bond donors (Lipinski definition) is 2. The van der Waals surface area contributed by atoms with Gasteiger partial charge in [0.15, 0.2) is 0 Å². The summed E-state index contributed by atoms with van der Waals surface area (Å²) in [5, 5.41) is 6.85. The van der Waals surface area contributed by atoms with Gasteiger partial charge in [0.05, 0.1) is 24.9 Å². The Labute approximate surface area is 111 Å². The molecular formula is C13H16N4O2. The van der Waals surface area contributed by atoms with Crippen LogP contribution in [0.15, 0.2) is 36.7 Å². The molecule has 1 heterocycles. The normalized spacial score (nSPS) is 10.2. The molecule has 0 spiro atoms. The highest BCUT2D eigenvalue weighted by Gasteiger charge is 2.12. The van der Waals surface area contributed by atoms with Crippen LogP contribution in [-0.2, 0) is 6.54 Å². The average molecular weight is 260 g/mol. The lowest BCUT2D eigenvalue weighted by atomic mass is 10.1. The lowest BCUT2D eigenvalue weighted by Crippen LogP contribution is -2.28. The highest BCUT2D eigenvalue weighted by molar-refractivity contribution is 6.00.